The number of rotatable bonds is 3. The molecule has 0 radical (unpaired) electrons. The van der Waals surface area contributed by atoms with Crippen molar-refractivity contribution in [3.8, 4) is 11.5 Å². The van der Waals surface area contributed by atoms with Crippen LogP contribution in [0.1, 0.15) is 55.7 Å². The first-order valence-electron chi connectivity index (χ1n) is 8.60. The van der Waals surface area contributed by atoms with Gasteiger partial charge in [0.05, 0.1) is 11.1 Å². The highest BCUT2D eigenvalue weighted by Crippen LogP contribution is 2.37. The summed E-state index contributed by atoms with van der Waals surface area (Å²) in [5.41, 5.74) is 6.36. The first-order chi connectivity index (χ1) is 12.2. The lowest BCUT2D eigenvalue weighted by Gasteiger charge is -2.18. The average Bonchev–Trinajstić information content (AvgIpc) is 3.27. The number of halogens is 1. The predicted octanol–water partition coefficient (Wildman–Crippen LogP) is 2.44. The third kappa shape index (κ3) is 2.94. The zero-order valence-corrected chi connectivity index (χ0v) is 16.6. The van der Waals surface area contributed by atoms with E-state index in [0.717, 1.165) is 30.0 Å². The first-order valence-corrected chi connectivity index (χ1v) is 10.0. The molecular weight excluding hydrogens is 392 g/mol. The summed E-state index contributed by atoms with van der Waals surface area (Å²) in [5, 5.41) is 4.00. The van der Waals surface area contributed by atoms with Gasteiger partial charge in [-0.3, -0.25) is 4.79 Å². The van der Waals surface area contributed by atoms with E-state index in [1.807, 2.05) is 0 Å². The molecule has 1 aliphatic carbocycles. The van der Waals surface area contributed by atoms with Crippen LogP contribution in [0.2, 0.25) is 0 Å². The van der Waals surface area contributed by atoms with Gasteiger partial charge in [-0.2, -0.15) is 4.98 Å². The van der Waals surface area contributed by atoms with Crippen molar-refractivity contribution in [1.29, 1.82) is 0 Å². The molecule has 4 rings (SSSR count). The minimum atomic E-state index is -3.88. The largest absolute Gasteiger partial charge is 0.334 e. The molecule has 1 aliphatic heterocycles. The summed E-state index contributed by atoms with van der Waals surface area (Å²) in [5.74, 6) is 0.123. The Bertz CT molecular complexity index is 996. The summed E-state index contributed by atoms with van der Waals surface area (Å²) in [4.78, 5) is 16.8. The number of amides is 1. The summed E-state index contributed by atoms with van der Waals surface area (Å²) in [7, 11) is -3.88. The number of carbonyl (C=O) groups excluding carboxylic acids is 1. The molecule has 1 aromatic carbocycles. The second kappa shape index (κ2) is 6.57. The highest BCUT2D eigenvalue weighted by atomic mass is 35.5. The standard InChI is InChI=1S/C17H20N4O4S.ClH/c1-10(2)21-15(22)12-6-5-11(9-13(12)26(21,23)24)14-19-16(20-25-14)17(18)7-3-4-8-17;/h5-6,9-10H,3-4,7-8,18H2,1-2H3;1H. The number of nitrogens with zero attached hydrogens (tertiary/aromatic N) is 3. The Morgan fingerprint density at radius 1 is 1.26 bits per heavy atom. The Balaban J connectivity index is 0.00000210. The van der Waals surface area contributed by atoms with Gasteiger partial charge in [0.25, 0.3) is 21.8 Å². The molecule has 2 aromatic rings. The number of nitrogens with two attached hydrogens (primary N) is 1. The minimum absolute atomic E-state index is 0. The van der Waals surface area contributed by atoms with Gasteiger partial charge in [-0.05, 0) is 44.9 Å². The molecule has 10 heteroatoms. The lowest BCUT2D eigenvalue weighted by Crippen LogP contribution is -2.36. The normalized spacial score (nSPS) is 20.0. The molecule has 0 spiro atoms. The summed E-state index contributed by atoms with van der Waals surface area (Å²) in [6.45, 7) is 3.32. The van der Waals surface area contributed by atoms with Crippen molar-refractivity contribution in [3.63, 3.8) is 0 Å². The molecule has 1 amide bonds. The van der Waals surface area contributed by atoms with Crippen molar-refractivity contribution in [1.82, 2.24) is 14.4 Å². The van der Waals surface area contributed by atoms with Crippen LogP contribution in [0.4, 0.5) is 0 Å². The molecule has 2 N–H and O–H groups in total. The van der Waals surface area contributed by atoms with E-state index in [1.165, 1.54) is 12.1 Å². The Hall–Kier alpha value is -1.97. The smallest absolute Gasteiger partial charge is 0.269 e. The molecule has 2 heterocycles. The van der Waals surface area contributed by atoms with Gasteiger partial charge in [-0.25, -0.2) is 12.7 Å². The monoisotopic (exact) mass is 412 g/mol. The number of benzene rings is 1. The van der Waals surface area contributed by atoms with Gasteiger partial charge < -0.3 is 10.3 Å². The van der Waals surface area contributed by atoms with E-state index in [-0.39, 0.29) is 28.8 Å². The van der Waals surface area contributed by atoms with Crippen molar-refractivity contribution >= 4 is 28.3 Å². The van der Waals surface area contributed by atoms with E-state index >= 15 is 0 Å². The maximum atomic E-state index is 12.7. The van der Waals surface area contributed by atoms with E-state index in [9.17, 15) is 13.2 Å². The summed E-state index contributed by atoms with van der Waals surface area (Å²) in [6, 6.07) is 4.06. The fourth-order valence-electron chi connectivity index (χ4n) is 3.66. The van der Waals surface area contributed by atoms with Crippen molar-refractivity contribution in [2.75, 3.05) is 0 Å². The van der Waals surface area contributed by atoms with E-state index < -0.39 is 27.5 Å². The molecule has 1 fully saturated rings. The zero-order valence-electron chi connectivity index (χ0n) is 15.0. The van der Waals surface area contributed by atoms with Gasteiger partial charge in [0.15, 0.2) is 5.82 Å². The van der Waals surface area contributed by atoms with Crippen LogP contribution in [0, 0.1) is 0 Å². The molecule has 146 valence electrons. The maximum Gasteiger partial charge on any atom is 0.269 e. The topological polar surface area (TPSA) is 119 Å². The van der Waals surface area contributed by atoms with E-state index in [2.05, 4.69) is 10.1 Å². The predicted molar refractivity (Wildman–Crippen MR) is 99.8 cm³/mol. The first kappa shape index (κ1) is 19.8. The van der Waals surface area contributed by atoms with Crippen molar-refractivity contribution < 1.29 is 17.7 Å². The van der Waals surface area contributed by atoms with Gasteiger partial charge in [-0.1, -0.05) is 18.0 Å². The fourth-order valence-corrected chi connectivity index (χ4v) is 5.46. The van der Waals surface area contributed by atoms with Crippen LogP contribution >= 0.6 is 12.4 Å². The van der Waals surface area contributed by atoms with Crippen LogP contribution in [0.15, 0.2) is 27.6 Å². The molecule has 2 aliphatic rings. The lowest BCUT2D eigenvalue weighted by molar-refractivity contribution is 0.0846. The van der Waals surface area contributed by atoms with Gasteiger partial charge >= 0.3 is 0 Å². The van der Waals surface area contributed by atoms with E-state index in [1.54, 1.807) is 19.9 Å². The van der Waals surface area contributed by atoms with Crippen LogP contribution in [-0.4, -0.2) is 34.8 Å². The number of carbonyl (C=O) groups is 1. The zero-order chi connectivity index (χ0) is 18.7. The summed E-state index contributed by atoms with van der Waals surface area (Å²) < 4.78 is 31.6. The van der Waals surface area contributed by atoms with Gasteiger partial charge in [0.2, 0.25) is 0 Å². The Labute approximate surface area is 163 Å². The van der Waals surface area contributed by atoms with Crippen LogP contribution in [0.5, 0.6) is 0 Å². The summed E-state index contributed by atoms with van der Waals surface area (Å²) >= 11 is 0. The molecule has 0 unspecified atom stereocenters. The van der Waals surface area contributed by atoms with E-state index in [0.29, 0.717) is 11.4 Å². The third-order valence-electron chi connectivity index (χ3n) is 5.03. The van der Waals surface area contributed by atoms with Crippen molar-refractivity contribution in [2.45, 2.75) is 56.0 Å². The van der Waals surface area contributed by atoms with Gasteiger partial charge in [-0.15, -0.1) is 12.4 Å². The molecule has 27 heavy (non-hydrogen) atoms. The molecule has 0 saturated heterocycles. The highest BCUT2D eigenvalue weighted by Gasteiger charge is 2.43. The van der Waals surface area contributed by atoms with Crippen LogP contribution in [0.25, 0.3) is 11.5 Å². The average molecular weight is 413 g/mol. The highest BCUT2D eigenvalue weighted by molar-refractivity contribution is 7.90. The van der Waals surface area contributed by atoms with E-state index in [4.69, 9.17) is 10.3 Å². The Morgan fingerprint density at radius 3 is 2.56 bits per heavy atom. The Morgan fingerprint density at radius 2 is 1.93 bits per heavy atom. The van der Waals surface area contributed by atoms with Crippen LogP contribution in [-0.2, 0) is 15.6 Å². The molecule has 1 aromatic heterocycles. The number of fused-ring (bicyclic) bond motifs is 1. The summed E-state index contributed by atoms with van der Waals surface area (Å²) in [6.07, 6.45) is 3.63. The molecule has 0 bridgehead atoms. The van der Waals surface area contributed by atoms with Crippen molar-refractivity contribution in [3.05, 3.63) is 29.6 Å². The minimum Gasteiger partial charge on any atom is -0.334 e. The molecule has 0 atom stereocenters. The van der Waals surface area contributed by atoms with Crippen LogP contribution < -0.4 is 5.73 Å². The Kier molecular flexibility index (Phi) is 4.82. The fraction of sp³-hybridized carbons (Fsp3) is 0.471. The SMILES string of the molecule is CC(C)N1C(=O)c2ccc(-c3nc(C4(N)CCCC4)no3)cc2S1(=O)=O.Cl. The number of hydrogen-bond acceptors (Lipinski definition) is 7. The lowest BCUT2D eigenvalue weighted by atomic mass is 9.98. The molecule has 1 saturated carbocycles. The second-order valence-corrected chi connectivity index (χ2v) is 8.98. The number of sulfonamides is 1. The second-order valence-electron chi connectivity index (χ2n) is 7.20. The molecule has 8 nitrogen and oxygen atoms in total. The quantitative estimate of drug-likeness (QED) is 0.821. The van der Waals surface area contributed by atoms with Gasteiger partial charge in [0.1, 0.15) is 4.90 Å². The number of aromatic nitrogens is 2. The van der Waals surface area contributed by atoms with Gasteiger partial charge in [0, 0.05) is 11.6 Å². The maximum absolute atomic E-state index is 12.7. The van der Waals surface area contributed by atoms with Crippen LogP contribution in [0.3, 0.4) is 0 Å². The third-order valence-corrected chi connectivity index (χ3v) is 7.03. The van der Waals surface area contributed by atoms with Crippen molar-refractivity contribution in [2.24, 2.45) is 5.73 Å². The molecular formula is C17H21ClN4O4S. The number of hydrogen-bond donors (Lipinski definition) is 1.